The van der Waals surface area contributed by atoms with E-state index in [-0.39, 0.29) is 0 Å². The standard InChI is InChI=1S/C21H15BrN4/c22-14-2-1-3-15(10-14)26-12-19-16(7-9-25-21(19)23)17-5-4-13-6-8-24-11-18(13)20(17)26/h1-11H,12H2,(H2,23,25). The number of rotatable bonds is 1. The molecule has 0 amide bonds. The van der Waals surface area contributed by atoms with Crippen molar-refractivity contribution in [2.24, 2.45) is 0 Å². The van der Waals surface area contributed by atoms with Gasteiger partial charge in [-0.1, -0.05) is 34.1 Å². The minimum atomic E-state index is 0.583. The molecule has 0 atom stereocenters. The molecule has 0 bridgehead atoms. The molecule has 126 valence electrons. The normalized spacial score (nSPS) is 12.7. The van der Waals surface area contributed by atoms with E-state index in [9.17, 15) is 0 Å². The third-order valence-corrected chi connectivity index (χ3v) is 5.37. The van der Waals surface area contributed by atoms with Gasteiger partial charge in [0, 0.05) is 45.3 Å². The average Bonchev–Trinajstić information content (AvgIpc) is 2.67. The lowest BCUT2D eigenvalue weighted by Crippen LogP contribution is -2.23. The summed E-state index contributed by atoms with van der Waals surface area (Å²) in [6.07, 6.45) is 5.55. The van der Waals surface area contributed by atoms with Crippen LogP contribution < -0.4 is 10.6 Å². The molecule has 0 spiro atoms. The number of benzene rings is 2. The van der Waals surface area contributed by atoms with Crippen molar-refractivity contribution in [2.75, 3.05) is 10.6 Å². The van der Waals surface area contributed by atoms with Gasteiger partial charge in [-0.25, -0.2) is 4.98 Å². The number of pyridine rings is 2. The smallest absolute Gasteiger partial charge is 0.128 e. The van der Waals surface area contributed by atoms with Crippen LogP contribution in [-0.4, -0.2) is 9.97 Å². The number of anilines is 3. The van der Waals surface area contributed by atoms with Gasteiger partial charge in [0.1, 0.15) is 5.82 Å². The molecule has 4 nitrogen and oxygen atoms in total. The van der Waals surface area contributed by atoms with Crippen LogP contribution >= 0.6 is 15.9 Å². The Hall–Kier alpha value is -2.92. The van der Waals surface area contributed by atoms with Gasteiger partial charge in [0.05, 0.1) is 12.2 Å². The van der Waals surface area contributed by atoms with Crippen LogP contribution in [0.5, 0.6) is 0 Å². The van der Waals surface area contributed by atoms with Gasteiger partial charge in [0.15, 0.2) is 0 Å². The zero-order chi connectivity index (χ0) is 17.7. The van der Waals surface area contributed by atoms with Crippen molar-refractivity contribution in [3.05, 3.63) is 77.2 Å². The Morgan fingerprint density at radius 3 is 2.81 bits per heavy atom. The number of aromatic nitrogens is 2. The third-order valence-electron chi connectivity index (χ3n) is 4.88. The number of fused-ring (bicyclic) bond motifs is 5. The topological polar surface area (TPSA) is 55.0 Å². The molecule has 1 aliphatic heterocycles. The Balaban J connectivity index is 1.87. The van der Waals surface area contributed by atoms with E-state index in [2.05, 4.69) is 55.1 Å². The molecule has 2 aromatic heterocycles. The summed E-state index contributed by atoms with van der Waals surface area (Å²) in [4.78, 5) is 11.0. The second-order valence-corrected chi connectivity index (χ2v) is 7.26. The highest BCUT2D eigenvalue weighted by Crippen LogP contribution is 2.47. The fraction of sp³-hybridized carbons (Fsp3) is 0.0476. The summed E-state index contributed by atoms with van der Waals surface area (Å²) < 4.78 is 1.04. The van der Waals surface area contributed by atoms with Gasteiger partial charge >= 0.3 is 0 Å². The third kappa shape index (κ3) is 2.28. The van der Waals surface area contributed by atoms with Crippen LogP contribution in [0.3, 0.4) is 0 Å². The first-order chi connectivity index (χ1) is 12.7. The van der Waals surface area contributed by atoms with Crippen molar-refractivity contribution < 1.29 is 0 Å². The molecule has 0 saturated carbocycles. The summed E-state index contributed by atoms with van der Waals surface area (Å²) in [6, 6.07) is 16.7. The summed E-state index contributed by atoms with van der Waals surface area (Å²) in [5.74, 6) is 0.583. The van der Waals surface area contributed by atoms with Crippen LogP contribution in [-0.2, 0) is 6.54 Å². The Bertz CT molecular complexity index is 1160. The molecule has 3 heterocycles. The van der Waals surface area contributed by atoms with Crippen molar-refractivity contribution in [3.63, 3.8) is 0 Å². The molecule has 5 rings (SSSR count). The highest BCUT2D eigenvalue weighted by Gasteiger charge is 2.27. The number of hydrogen-bond acceptors (Lipinski definition) is 4. The number of nitrogen functional groups attached to an aromatic ring is 1. The average molecular weight is 403 g/mol. The Labute approximate surface area is 159 Å². The van der Waals surface area contributed by atoms with Crippen LogP contribution in [0.4, 0.5) is 17.2 Å². The van der Waals surface area contributed by atoms with Crippen molar-refractivity contribution in [1.82, 2.24) is 9.97 Å². The van der Waals surface area contributed by atoms with Crippen LogP contribution in [0.15, 0.2) is 71.6 Å². The van der Waals surface area contributed by atoms with Crippen LogP contribution in [0.25, 0.3) is 21.9 Å². The quantitative estimate of drug-likeness (QED) is 0.469. The molecule has 0 saturated heterocycles. The first-order valence-electron chi connectivity index (χ1n) is 8.36. The van der Waals surface area contributed by atoms with Gasteiger partial charge in [-0.2, -0.15) is 0 Å². The largest absolute Gasteiger partial charge is 0.383 e. The molecular weight excluding hydrogens is 388 g/mol. The molecular formula is C21H15BrN4. The Morgan fingerprint density at radius 2 is 1.92 bits per heavy atom. The summed E-state index contributed by atoms with van der Waals surface area (Å²) >= 11 is 3.59. The van der Waals surface area contributed by atoms with Gasteiger partial charge in [-0.05, 0) is 41.3 Å². The zero-order valence-electron chi connectivity index (χ0n) is 13.9. The molecule has 2 N–H and O–H groups in total. The van der Waals surface area contributed by atoms with E-state index in [1.807, 2.05) is 36.7 Å². The highest BCUT2D eigenvalue weighted by molar-refractivity contribution is 9.10. The molecule has 26 heavy (non-hydrogen) atoms. The summed E-state index contributed by atoms with van der Waals surface area (Å²) in [5.41, 5.74) is 11.8. The molecule has 0 unspecified atom stereocenters. The predicted octanol–water partition coefficient (Wildman–Crippen LogP) is 5.29. The second-order valence-electron chi connectivity index (χ2n) is 6.35. The predicted molar refractivity (Wildman–Crippen MR) is 109 cm³/mol. The molecule has 1 aliphatic rings. The first-order valence-corrected chi connectivity index (χ1v) is 9.15. The maximum absolute atomic E-state index is 6.22. The Kier molecular flexibility index (Phi) is 3.43. The van der Waals surface area contributed by atoms with E-state index in [0.717, 1.165) is 37.9 Å². The number of nitrogens with two attached hydrogens (primary N) is 1. The van der Waals surface area contributed by atoms with E-state index in [1.165, 1.54) is 5.39 Å². The van der Waals surface area contributed by atoms with Crippen molar-refractivity contribution in [2.45, 2.75) is 6.54 Å². The van der Waals surface area contributed by atoms with Crippen LogP contribution in [0.1, 0.15) is 5.56 Å². The van der Waals surface area contributed by atoms with E-state index in [0.29, 0.717) is 12.4 Å². The summed E-state index contributed by atoms with van der Waals surface area (Å²) in [7, 11) is 0. The number of halogens is 1. The molecule has 0 radical (unpaired) electrons. The molecule has 0 aliphatic carbocycles. The van der Waals surface area contributed by atoms with Gasteiger partial charge in [-0.3, -0.25) is 4.98 Å². The minimum absolute atomic E-state index is 0.583. The molecule has 5 heteroatoms. The second kappa shape index (κ2) is 5.81. The monoisotopic (exact) mass is 402 g/mol. The van der Waals surface area contributed by atoms with E-state index in [1.54, 1.807) is 6.20 Å². The maximum Gasteiger partial charge on any atom is 0.128 e. The lowest BCUT2D eigenvalue weighted by atomic mass is 9.91. The Morgan fingerprint density at radius 1 is 1.00 bits per heavy atom. The fourth-order valence-corrected chi connectivity index (χ4v) is 4.07. The van der Waals surface area contributed by atoms with Crippen LogP contribution in [0, 0.1) is 0 Å². The molecule has 4 aromatic rings. The molecule has 2 aromatic carbocycles. The van der Waals surface area contributed by atoms with Crippen LogP contribution in [0.2, 0.25) is 0 Å². The van der Waals surface area contributed by atoms with Gasteiger partial charge in [-0.15, -0.1) is 0 Å². The van der Waals surface area contributed by atoms with Gasteiger partial charge < -0.3 is 10.6 Å². The number of hydrogen-bond donors (Lipinski definition) is 1. The SMILES string of the molecule is Nc1nccc2c1CN(c1cccc(Br)c1)c1c-2ccc2ccncc12. The van der Waals surface area contributed by atoms with E-state index >= 15 is 0 Å². The molecule has 0 fully saturated rings. The summed E-state index contributed by atoms with van der Waals surface area (Å²) in [5, 5.41) is 2.30. The van der Waals surface area contributed by atoms with Crippen molar-refractivity contribution in [1.29, 1.82) is 0 Å². The zero-order valence-corrected chi connectivity index (χ0v) is 15.4. The lowest BCUT2D eigenvalue weighted by molar-refractivity contribution is 0.959. The maximum atomic E-state index is 6.22. The summed E-state index contributed by atoms with van der Waals surface area (Å²) in [6.45, 7) is 0.673. The van der Waals surface area contributed by atoms with E-state index in [4.69, 9.17) is 5.73 Å². The first kappa shape index (κ1) is 15.3. The van der Waals surface area contributed by atoms with Gasteiger partial charge in [0.25, 0.3) is 0 Å². The van der Waals surface area contributed by atoms with Crippen molar-refractivity contribution in [3.8, 4) is 11.1 Å². The van der Waals surface area contributed by atoms with Gasteiger partial charge in [0.2, 0.25) is 0 Å². The fourth-order valence-electron chi connectivity index (χ4n) is 3.68. The van der Waals surface area contributed by atoms with Crippen molar-refractivity contribution >= 4 is 43.9 Å². The lowest BCUT2D eigenvalue weighted by Gasteiger charge is -2.34. The highest BCUT2D eigenvalue weighted by atomic mass is 79.9. The van der Waals surface area contributed by atoms with E-state index < -0.39 is 0 Å². The minimum Gasteiger partial charge on any atom is -0.383 e. The number of nitrogens with zero attached hydrogens (tertiary/aromatic N) is 3.